The van der Waals surface area contributed by atoms with Crippen molar-refractivity contribution < 1.29 is 14.3 Å². The molecule has 0 saturated carbocycles. The Hall–Kier alpha value is -3.58. The summed E-state index contributed by atoms with van der Waals surface area (Å²) in [5, 5.41) is 5.15. The third-order valence-electron chi connectivity index (χ3n) is 6.03. The number of carbonyl (C=O) groups is 2. The van der Waals surface area contributed by atoms with Crippen LogP contribution in [0.5, 0.6) is 5.75 Å². The maximum absolute atomic E-state index is 13.6. The molecule has 3 heterocycles. The second-order valence-electron chi connectivity index (χ2n) is 8.21. The minimum atomic E-state index is -0.393. The normalized spacial score (nSPS) is 16.2. The molecule has 33 heavy (non-hydrogen) atoms. The van der Waals surface area contributed by atoms with Gasteiger partial charge in [0.2, 0.25) is 0 Å². The standard InChI is InChI=1S/C26H25N3O3S/c1-17-7-12-21(32-2)20(16-17)29-25(30)23(22-6-5-15-33-22)24(26(29)31)27-18-8-10-19(11-9-18)28-13-3-4-14-28/h5-12,15-16,27H,3-4,13-14H2,1-2H3. The quantitative estimate of drug-likeness (QED) is 0.522. The third-order valence-corrected chi connectivity index (χ3v) is 6.92. The molecule has 0 bridgehead atoms. The Morgan fingerprint density at radius 2 is 1.73 bits per heavy atom. The van der Waals surface area contributed by atoms with Crippen molar-refractivity contribution in [2.24, 2.45) is 0 Å². The van der Waals surface area contributed by atoms with E-state index in [1.807, 2.05) is 42.6 Å². The molecule has 1 N–H and O–H groups in total. The van der Waals surface area contributed by atoms with Crippen molar-refractivity contribution >= 4 is 45.8 Å². The maximum Gasteiger partial charge on any atom is 0.282 e. The number of anilines is 3. The van der Waals surface area contributed by atoms with Crippen LogP contribution in [0.15, 0.2) is 65.7 Å². The van der Waals surface area contributed by atoms with Crippen LogP contribution < -0.4 is 19.9 Å². The van der Waals surface area contributed by atoms with Crippen molar-refractivity contribution in [3.05, 3.63) is 76.1 Å². The minimum absolute atomic E-state index is 0.278. The second kappa shape index (κ2) is 8.75. The van der Waals surface area contributed by atoms with E-state index >= 15 is 0 Å². The van der Waals surface area contributed by atoms with E-state index in [1.165, 1.54) is 41.9 Å². The lowest BCUT2D eigenvalue weighted by Gasteiger charge is -2.19. The van der Waals surface area contributed by atoms with E-state index in [0.717, 1.165) is 29.2 Å². The summed E-state index contributed by atoms with van der Waals surface area (Å²) >= 11 is 1.43. The molecule has 1 saturated heterocycles. The van der Waals surface area contributed by atoms with E-state index in [-0.39, 0.29) is 11.6 Å². The van der Waals surface area contributed by atoms with Crippen LogP contribution in [0, 0.1) is 6.92 Å². The van der Waals surface area contributed by atoms with Crippen molar-refractivity contribution in [2.75, 3.05) is 35.3 Å². The molecular weight excluding hydrogens is 434 g/mol. The Morgan fingerprint density at radius 1 is 0.970 bits per heavy atom. The zero-order valence-electron chi connectivity index (χ0n) is 18.6. The summed E-state index contributed by atoms with van der Waals surface area (Å²) in [4.78, 5) is 31.5. The van der Waals surface area contributed by atoms with Crippen molar-refractivity contribution in [3.63, 3.8) is 0 Å². The van der Waals surface area contributed by atoms with Crippen LogP contribution in [0.4, 0.5) is 17.1 Å². The summed E-state index contributed by atoms with van der Waals surface area (Å²) in [5.74, 6) is -0.275. The van der Waals surface area contributed by atoms with Gasteiger partial charge in [-0.2, -0.15) is 0 Å². The highest BCUT2D eigenvalue weighted by atomic mass is 32.1. The molecule has 2 aliphatic heterocycles. The van der Waals surface area contributed by atoms with Gasteiger partial charge in [0.15, 0.2) is 0 Å². The zero-order chi connectivity index (χ0) is 22.9. The van der Waals surface area contributed by atoms with Crippen molar-refractivity contribution in [1.29, 1.82) is 0 Å². The fourth-order valence-electron chi connectivity index (χ4n) is 4.36. The number of thiophene rings is 1. The number of carbonyl (C=O) groups excluding carboxylic acids is 2. The topological polar surface area (TPSA) is 61.9 Å². The predicted molar refractivity (Wildman–Crippen MR) is 133 cm³/mol. The van der Waals surface area contributed by atoms with Gasteiger partial charge >= 0.3 is 0 Å². The van der Waals surface area contributed by atoms with E-state index in [1.54, 1.807) is 12.1 Å². The smallest absolute Gasteiger partial charge is 0.282 e. The molecule has 0 spiro atoms. The summed E-state index contributed by atoms with van der Waals surface area (Å²) in [7, 11) is 1.54. The summed E-state index contributed by atoms with van der Waals surface area (Å²) in [6.07, 6.45) is 2.43. The number of nitrogens with zero attached hydrogens (tertiary/aromatic N) is 2. The van der Waals surface area contributed by atoms with Gasteiger partial charge in [-0.1, -0.05) is 12.1 Å². The Kier molecular flexibility index (Phi) is 5.64. The first-order valence-electron chi connectivity index (χ1n) is 11.0. The number of methoxy groups -OCH3 is 1. The first-order chi connectivity index (χ1) is 16.1. The SMILES string of the molecule is COc1ccc(C)cc1N1C(=O)C(Nc2ccc(N3CCCC3)cc2)=C(c2cccs2)C1=O. The predicted octanol–water partition coefficient (Wildman–Crippen LogP) is 5.06. The molecule has 1 aromatic heterocycles. The van der Waals surface area contributed by atoms with Gasteiger partial charge < -0.3 is 15.0 Å². The number of rotatable bonds is 6. The summed E-state index contributed by atoms with van der Waals surface area (Å²) in [6, 6.07) is 17.2. The lowest BCUT2D eigenvalue weighted by Crippen LogP contribution is -2.32. The molecule has 2 aromatic carbocycles. The molecule has 168 valence electrons. The first-order valence-corrected chi connectivity index (χ1v) is 11.9. The largest absolute Gasteiger partial charge is 0.495 e. The number of benzene rings is 2. The third kappa shape index (κ3) is 3.89. The van der Waals surface area contributed by atoms with Crippen LogP contribution in [-0.2, 0) is 9.59 Å². The molecule has 1 fully saturated rings. The molecule has 2 amide bonds. The molecular formula is C26H25N3O3S. The second-order valence-corrected chi connectivity index (χ2v) is 9.16. The van der Waals surface area contributed by atoms with Gasteiger partial charge in [-0.3, -0.25) is 9.59 Å². The van der Waals surface area contributed by atoms with Gasteiger partial charge in [0.1, 0.15) is 11.4 Å². The number of hydrogen-bond donors (Lipinski definition) is 1. The summed E-state index contributed by atoms with van der Waals surface area (Å²) < 4.78 is 5.46. The molecule has 0 aliphatic carbocycles. The van der Waals surface area contributed by atoms with Crippen molar-refractivity contribution in [2.45, 2.75) is 19.8 Å². The minimum Gasteiger partial charge on any atom is -0.495 e. The van der Waals surface area contributed by atoms with Crippen LogP contribution in [0.3, 0.4) is 0 Å². The lowest BCUT2D eigenvalue weighted by atomic mass is 10.1. The molecule has 0 radical (unpaired) electrons. The monoisotopic (exact) mass is 459 g/mol. The number of amides is 2. The average Bonchev–Trinajstić information content (AvgIpc) is 3.57. The van der Waals surface area contributed by atoms with Gasteiger partial charge in [0.25, 0.3) is 11.8 Å². The molecule has 0 unspecified atom stereocenters. The molecule has 2 aliphatic rings. The van der Waals surface area contributed by atoms with Gasteiger partial charge in [0, 0.05) is 29.3 Å². The number of hydrogen-bond acceptors (Lipinski definition) is 6. The van der Waals surface area contributed by atoms with E-state index < -0.39 is 5.91 Å². The Morgan fingerprint density at radius 3 is 2.39 bits per heavy atom. The van der Waals surface area contributed by atoms with Crippen LogP contribution in [0.2, 0.25) is 0 Å². The van der Waals surface area contributed by atoms with Crippen LogP contribution in [0.1, 0.15) is 23.3 Å². The maximum atomic E-state index is 13.6. The van der Waals surface area contributed by atoms with Crippen LogP contribution >= 0.6 is 11.3 Å². The Labute approximate surface area is 197 Å². The van der Waals surface area contributed by atoms with Gasteiger partial charge in [-0.15, -0.1) is 11.3 Å². The molecule has 7 heteroatoms. The molecule has 6 nitrogen and oxygen atoms in total. The number of imide groups is 1. The van der Waals surface area contributed by atoms with E-state index in [0.29, 0.717) is 17.0 Å². The summed E-state index contributed by atoms with van der Waals surface area (Å²) in [5.41, 5.74) is 3.97. The van der Waals surface area contributed by atoms with Gasteiger partial charge in [0.05, 0.1) is 18.4 Å². The van der Waals surface area contributed by atoms with Crippen molar-refractivity contribution in [3.8, 4) is 5.75 Å². The van der Waals surface area contributed by atoms with Gasteiger partial charge in [-0.05, 0) is 73.2 Å². The molecule has 5 rings (SSSR count). The zero-order valence-corrected chi connectivity index (χ0v) is 19.4. The number of aryl methyl sites for hydroxylation is 1. The fourth-order valence-corrected chi connectivity index (χ4v) is 5.13. The summed E-state index contributed by atoms with van der Waals surface area (Å²) in [6.45, 7) is 4.06. The number of nitrogens with one attached hydrogen (secondary N) is 1. The number of ether oxygens (including phenoxy) is 1. The van der Waals surface area contributed by atoms with Crippen LogP contribution in [0.25, 0.3) is 5.57 Å². The fraction of sp³-hybridized carbons (Fsp3) is 0.231. The first kappa shape index (κ1) is 21.3. The van der Waals surface area contributed by atoms with E-state index in [2.05, 4.69) is 22.3 Å². The lowest BCUT2D eigenvalue weighted by molar-refractivity contribution is -0.120. The van der Waals surface area contributed by atoms with E-state index in [9.17, 15) is 9.59 Å². The highest BCUT2D eigenvalue weighted by Crippen LogP contribution is 2.39. The molecule has 0 atom stereocenters. The van der Waals surface area contributed by atoms with Crippen molar-refractivity contribution in [1.82, 2.24) is 0 Å². The highest BCUT2D eigenvalue weighted by molar-refractivity contribution is 7.11. The Balaban J connectivity index is 1.52. The van der Waals surface area contributed by atoms with E-state index in [4.69, 9.17) is 4.74 Å². The Bertz CT molecular complexity index is 1230. The average molecular weight is 460 g/mol. The molecule has 3 aromatic rings. The van der Waals surface area contributed by atoms with Gasteiger partial charge in [-0.25, -0.2) is 4.90 Å². The van der Waals surface area contributed by atoms with Crippen LogP contribution in [-0.4, -0.2) is 32.0 Å². The highest BCUT2D eigenvalue weighted by Gasteiger charge is 2.42.